The normalized spacial score (nSPS) is 19.9. The standard InChI is InChI=1S/C30H41ClN4O3/c1-5-10-23-25(31)14-15-26-27(23)24(20(3)36)18-34(26)17-22-13-9-16-35(22)30(38)28(21-11-7-6-8-12-21)33-29(37)19(2)32-4/h5,14-15,18-19,21-22,28,32H,1,6-13,16-17H2,2-4H3,(H,33,37)/t19-,22-,28-/m0/s1. The molecule has 1 aliphatic heterocycles. The van der Waals surface area contributed by atoms with Gasteiger partial charge in [0.05, 0.1) is 6.04 Å². The van der Waals surface area contributed by atoms with E-state index >= 15 is 0 Å². The van der Waals surface area contributed by atoms with Crippen molar-refractivity contribution in [3.8, 4) is 0 Å². The Balaban J connectivity index is 1.63. The lowest BCUT2D eigenvalue weighted by Crippen LogP contribution is -2.56. The van der Waals surface area contributed by atoms with E-state index in [2.05, 4.69) is 21.8 Å². The van der Waals surface area contributed by atoms with Gasteiger partial charge in [0, 0.05) is 46.8 Å². The Labute approximate surface area is 231 Å². The lowest BCUT2D eigenvalue weighted by atomic mass is 9.83. The Bertz CT molecular complexity index is 1200. The van der Waals surface area contributed by atoms with Crippen LogP contribution in [0.25, 0.3) is 10.9 Å². The third-order valence-electron chi connectivity index (χ3n) is 8.40. The van der Waals surface area contributed by atoms with Crippen LogP contribution in [0.5, 0.6) is 0 Å². The second-order valence-corrected chi connectivity index (χ2v) is 11.3. The molecule has 0 bridgehead atoms. The van der Waals surface area contributed by atoms with Gasteiger partial charge < -0.3 is 20.1 Å². The van der Waals surface area contributed by atoms with Gasteiger partial charge in [0.1, 0.15) is 6.04 Å². The number of carbonyl (C=O) groups excluding carboxylic acids is 3. The Morgan fingerprint density at radius 3 is 2.55 bits per heavy atom. The van der Waals surface area contributed by atoms with E-state index in [9.17, 15) is 14.4 Å². The van der Waals surface area contributed by atoms with Gasteiger partial charge in [-0.3, -0.25) is 14.4 Å². The molecule has 1 aliphatic carbocycles. The third-order valence-corrected chi connectivity index (χ3v) is 8.76. The van der Waals surface area contributed by atoms with Crippen LogP contribution in [0.15, 0.2) is 31.0 Å². The zero-order chi connectivity index (χ0) is 27.4. The van der Waals surface area contributed by atoms with Crippen molar-refractivity contribution in [2.45, 2.75) is 89.9 Å². The number of benzene rings is 1. The van der Waals surface area contributed by atoms with Gasteiger partial charge in [-0.2, -0.15) is 0 Å². The van der Waals surface area contributed by atoms with E-state index in [4.69, 9.17) is 11.6 Å². The summed E-state index contributed by atoms with van der Waals surface area (Å²) in [5.41, 5.74) is 2.49. The first-order valence-electron chi connectivity index (χ1n) is 14.0. The minimum atomic E-state index is -0.508. The summed E-state index contributed by atoms with van der Waals surface area (Å²) in [6.45, 7) is 8.51. The van der Waals surface area contributed by atoms with Crippen LogP contribution >= 0.6 is 11.6 Å². The average molecular weight is 541 g/mol. The van der Waals surface area contributed by atoms with Crippen LogP contribution in [0, 0.1) is 5.92 Å². The monoisotopic (exact) mass is 540 g/mol. The first-order valence-corrected chi connectivity index (χ1v) is 14.3. The van der Waals surface area contributed by atoms with Crippen LogP contribution in [0.1, 0.15) is 74.7 Å². The summed E-state index contributed by atoms with van der Waals surface area (Å²) in [5, 5.41) is 7.58. The maximum atomic E-state index is 14.1. The fraction of sp³-hybridized carbons (Fsp3) is 0.567. The number of amides is 2. The number of aromatic nitrogens is 1. The molecule has 2 aliphatic rings. The van der Waals surface area contributed by atoms with Crippen LogP contribution in [-0.4, -0.2) is 58.8 Å². The molecule has 3 atom stereocenters. The Hall–Kier alpha value is -2.64. The lowest BCUT2D eigenvalue weighted by Gasteiger charge is -2.35. The highest BCUT2D eigenvalue weighted by atomic mass is 35.5. The summed E-state index contributed by atoms with van der Waals surface area (Å²) < 4.78 is 2.10. The number of allylic oxidation sites excluding steroid dienone is 1. The van der Waals surface area contributed by atoms with Crippen LogP contribution < -0.4 is 10.6 Å². The summed E-state index contributed by atoms with van der Waals surface area (Å²) in [7, 11) is 1.75. The molecule has 2 amide bonds. The largest absolute Gasteiger partial charge is 0.345 e. The molecule has 2 fully saturated rings. The molecular weight excluding hydrogens is 500 g/mol. The van der Waals surface area contributed by atoms with E-state index in [-0.39, 0.29) is 35.6 Å². The number of carbonyl (C=O) groups is 3. The predicted molar refractivity (Wildman–Crippen MR) is 153 cm³/mol. The molecule has 1 aromatic carbocycles. The number of likely N-dealkylation sites (tertiary alicyclic amines) is 1. The molecule has 1 aromatic heterocycles. The minimum absolute atomic E-state index is 0.0128. The number of nitrogens with one attached hydrogen (secondary N) is 2. The summed E-state index contributed by atoms with van der Waals surface area (Å²) in [6.07, 6.45) is 11.4. The maximum Gasteiger partial charge on any atom is 0.245 e. The van der Waals surface area contributed by atoms with Crippen molar-refractivity contribution in [1.29, 1.82) is 0 Å². The third kappa shape index (κ3) is 5.84. The lowest BCUT2D eigenvalue weighted by molar-refractivity contribution is -0.139. The number of Topliss-reactive ketones (excluding diaryl/α,β-unsaturated/α-hetero) is 1. The molecule has 2 heterocycles. The fourth-order valence-electron chi connectivity index (χ4n) is 6.18. The highest BCUT2D eigenvalue weighted by Crippen LogP contribution is 2.34. The Kier molecular flexibility index (Phi) is 9.32. The molecule has 0 radical (unpaired) electrons. The summed E-state index contributed by atoms with van der Waals surface area (Å²) >= 11 is 6.53. The summed E-state index contributed by atoms with van der Waals surface area (Å²) in [5.74, 6) is 0.0289. The number of halogens is 1. The molecule has 2 N–H and O–H groups in total. The topological polar surface area (TPSA) is 83.4 Å². The number of hydrogen-bond donors (Lipinski definition) is 2. The van der Waals surface area contributed by atoms with Gasteiger partial charge in [0.25, 0.3) is 0 Å². The number of nitrogens with zero attached hydrogens (tertiary/aromatic N) is 2. The predicted octanol–water partition coefficient (Wildman–Crippen LogP) is 4.89. The number of ketones is 1. The number of rotatable bonds is 10. The first-order chi connectivity index (χ1) is 18.3. The van der Waals surface area contributed by atoms with Gasteiger partial charge in [0.2, 0.25) is 11.8 Å². The van der Waals surface area contributed by atoms with Gasteiger partial charge in [0.15, 0.2) is 5.78 Å². The molecule has 7 nitrogen and oxygen atoms in total. The molecule has 2 aromatic rings. The number of fused-ring (bicyclic) bond motifs is 1. The van der Waals surface area contributed by atoms with Gasteiger partial charge >= 0.3 is 0 Å². The number of hydrogen-bond acceptors (Lipinski definition) is 4. The van der Waals surface area contributed by atoms with E-state index in [1.165, 1.54) is 6.42 Å². The summed E-state index contributed by atoms with van der Waals surface area (Å²) in [4.78, 5) is 41.5. The molecule has 1 saturated heterocycles. The van der Waals surface area contributed by atoms with Crippen LogP contribution in [0.2, 0.25) is 5.02 Å². The van der Waals surface area contributed by atoms with Gasteiger partial charge in [-0.25, -0.2) is 0 Å². The average Bonchev–Trinajstić information content (AvgIpc) is 3.53. The zero-order valence-electron chi connectivity index (χ0n) is 22.9. The highest BCUT2D eigenvalue weighted by molar-refractivity contribution is 6.32. The Morgan fingerprint density at radius 2 is 1.89 bits per heavy atom. The van der Waals surface area contributed by atoms with Crippen molar-refractivity contribution >= 4 is 40.1 Å². The second kappa shape index (κ2) is 12.5. The molecule has 38 heavy (non-hydrogen) atoms. The van der Waals surface area contributed by atoms with E-state index in [0.717, 1.165) is 55.0 Å². The van der Waals surface area contributed by atoms with E-state index in [1.54, 1.807) is 20.0 Å². The van der Waals surface area contributed by atoms with E-state index in [0.29, 0.717) is 30.1 Å². The molecule has 0 spiro atoms. The molecule has 206 valence electrons. The quantitative estimate of drug-likeness (QED) is 0.332. The first kappa shape index (κ1) is 28.4. The molecule has 0 unspecified atom stereocenters. The fourth-order valence-corrected chi connectivity index (χ4v) is 6.42. The van der Waals surface area contributed by atoms with E-state index < -0.39 is 6.04 Å². The van der Waals surface area contributed by atoms with Crippen molar-refractivity contribution in [1.82, 2.24) is 20.1 Å². The molecular formula is C30H41ClN4O3. The van der Waals surface area contributed by atoms with Crippen molar-refractivity contribution in [2.24, 2.45) is 5.92 Å². The van der Waals surface area contributed by atoms with Crippen LogP contribution in [0.3, 0.4) is 0 Å². The highest BCUT2D eigenvalue weighted by Gasteiger charge is 2.39. The van der Waals surface area contributed by atoms with Crippen molar-refractivity contribution in [2.75, 3.05) is 13.6 Å². The van der Waals surface area contributed by atoms with E-state index in [1.807, 2.05) is 30.2 Å². The minimum Gasteiger partial charge on any atom is -0.345 e. The second-order valence-electron chi connectivity index (χ2n) is 10.9. The maximum absolute atomic E-state index is 14.1. The summed E-state index contributed by atoms with van der Waals surface area (Å²) in [6, 6.07) is 2.95. The smallest absolute Gasteiger partial charge is 0.245 e. The Morgan fingerprint density at radius 1 is 1.16 bits per heavy atom. The van der Waals surface area contributed by atoms with Gasteiger partial charge in [-0.05, 0) is 76.6 Å². The SMILES string of the molecule is C=CCc1c(Cl)ccc2c1c(C(C)=O)cn2C[C@@H]1CCCN1C(=O)[C@@H](NC(=O)[C@H](C)NC)C1CCCCC1. The zero-order valence-corrected chi connectivity index (χ0v) is 23.7. The van der Waals surface area contributed by atoms with Crippen molar-refractivity contribution < 1.29 is 14.4 Å². The van der Waals surface area contributed by atoms with Gasteiger partial charge in [-0.1, -0.05) is 36.9 Å². The molecule has 4 rings (SSSR count). The van der Waals surface area contributed by atoms with Crippen LogP contribution in [-0.2, 0) is 22.6 Å². The molecule has 8 heteroatoms. The van der Waals surface area contributed by atoms with Gasteiger partial charge in [-0.15, -0.1) is 6.58 Å². The van der Waals surface area contributed by atoms with Crippen molar-refractivity contribution in [3.05, 3.63) is 47.1 Å². The van der Waals surface area contributed by atoms with Crippen LogP contribution in [0.4, 0.5) is 0 Å². The molecule has 1 saturated carbocycles. The number of likely N-dealkylation sites (N-methyl/N-ethyl adjacent to an activating group) is 1. The van der Waals surface area contributed by atoms with Crippen molar-refractivity contribution in [3.63, 3.8) is 0 Å².